The quantitative estimate of drug-likeness (QED) is 0.0142. The van der Waals surface area contributed by atoms with Gasteiger partial charge < -0.3 is 48.1 Å². The predicted molar refractivity (Wildman–Crippen MR) is 323 cm³/mol. The molecule has 0 saturated carbocycles. The molecule has 2 N–H and O–H groups in total. The van der Waals surface area contributed by atoms with Gasteiger partial charge in [0.15, 0.2) is 17.6 Å². The van der Waals surface area contributed by atoms with E-state index in [1.165, 1.54) is 18.9 Å². The van der Waals surface area contributed by atoms with Gasteiger partial charge in [0.2, 0.25) is 0 Å². The number of alkyl carbamates (subject to hydrolysis) is 2. The lowest BCUT2D eigenvalue weighted by Gasteiger charge is -2.22. The molecule has 2 amide bonds. The summed E-state index contributed by atoms with van der Waals surface area (Å²) in [5, 5.41) is 17.2. The maximum absolute atomic E-state index is 12.9. The minimum Gasteiger partial charge on any atom is -0.488 e. The minimum atomic E-state index is -3.95. The number of hydrogen-bond acceptors (Lipinski definition) is 17. The van der Waals surface area contributed by atoms with Crippen molar-refractivity contribution in [3.63, 3.8) is 0 Å². The number of tetrazole rings is 1. The number of Topliss-reactive ketones (excluding diaryl/α,β-unsaturated/α-hetero) is 1. The van der Waals surface area contributed by atoms with Crippen molar-refractivity contribution >= 4 is 37.7 Å². The molecule has 1 heterocycles. The number of amides is 2. The molecule has 6 aromatic carbocycles. The van der Waals surface area contributed by atoms with Crippen molar-refractivity contribution in [2.75, 3.05) is 14.2 Å². The standard InChI is InChI=1S/C26H33NO6.C25H31N5O5.C12H10N3O3P/c1-18(24(29)31-5)15-23(28)22(27-25(30)32-17-20-9-7-6-8-10-20)16-19-11-13-21(14-12-19)33-26(2,3)4;1-17(23(31)33-5)30-22(27-28-29-30)21(26-24(32)34-16-19-9-7-6-8-10-19)15-18-11-13-20(14-12-18)35-25(2,3)4;13-14-15-19(16,17-11-7-3-1-4-8-11)18-12-9-5-2-6-10-12/h6-14,18,22H,15-17H2,1-5H3,(H,27,30);6-14,17,21H,15-16H2,1-5H3,(H,26,32);1-10H/t18-,22+;17-,21-;/m10./s1. The summed E-state index contributed by atoms with van der Waals surface area (Å²) >= 11 is 0. The van der Waals surface area contributed by atoms with Crippen LogP contribution < -0.4 is 29.2 Å². The summed E-state index contributed by atoms with van der Waals surface area (Å²) in [4.78, 5) is 67.5. The Morgan fingerprint density at radius 3 is 1.43 bits per heavy atom. The van der Waals surface area contributed by atoms with Crippen molar-refractivity contribution in [3.8, 4) is 23.0 Å². The molecule has 0 radical (unpaired) electrons. The van der Waals surface area contributed by atoms with Crippen LogP contribution in [0.15, 0.2) is 175 Å². The highest BCUT2D eigenvalue weighted by Crippen LogP contribution is 2.50. The van der Waals surface area contributed by atoms with Crippen LogP contribution in [-0.2, 0) is 64.0 Å². The average molecular weight is 1210 g/mol. The zero-order valence-electron chi connectivity index (χ0n) is 50.3. The van der Waals surface area contributed by atoms with E-state index in [2.05, 4.69) is 36.0 Å². The van der Waals surface area contributed by atoms with E-state index < -0.39 is 55.9 Å². The van der Waals surface area contributed by atoms with E-state index in [-0.39, 0.29) is 43.0 Å². The Balaban J connectivity index is 0.000000248. The number of aromatic nitrogens is 4. The van der Waals surface area contributed by atoms with Crippen LogP contribution in [-0.4, -0.2) is 81.6 Å². The van der Waals surface area contributed by atoms with Crippen LogP contribution in [0.25, 0.3) is 10.4 Å². The number of benzene rings is 6. The van der Waals surface area contributed by atoms with Gasteiger partial charge in [-0.15, -0.1) is 5.10 Å². The second-order valence-electron chi connectivity index (χ2n) is 21.4. The van der Waals surface area contributed by atoms with Crippen LogP contribution in [0, 0.1) is 5.92 Å². The number of carbonyl (C=O) groups excluding carboxylic acids is 5. The third kappa shape index (κ3) is 24.8. The van der Waals surface area contributed by atoms with E-state index in [1.807, 2.05) is 151 Å². The highest BCUT2D eigenvalue weighted by molar-refractivity contribution is 7.53. The molecule has 0 spiro atoms. The molecular weight excluding hydrogens is 1140 g/mol. The number of carbonyl (C=O) groups is 5. The minimum absolute atomic E-state index is 0.0540. The van der Waals surface area contributed by atoms with Crippen LogP contribution in [0.1, 0.15) is 102 Å². The van der Waals surface area contributed by atoms with Crippen LogP contribution in [0.4, 0.5) is 9.59 Å². The first-order valence-corrected chi connectivity index (χ1v) is 29.1. The number of nitrogens with zero attached hydrogens (tertiary/aromatic N) is 7. The van der Waals surface area contributed by atoms with Crippen molar-refractivity contribution in [2.45, 2.75) is 117 Å². The molecule has 1 aromatic heterocycles. The van der Waals surface area contributed by atoms with Crippen LogP contribution >= 0.6 is 7.75 Å². The summed E-state index contributed by atoms with van der Waals surface area (Å²) in [7, 11) is -1.38. The van der Waals surface area contributed by atoms with E-state index in [4.69, 9.17) is 43.0 Å². The van der Waals surface area contributed by atoms with Gasteiger partial charge in [0.1, 0.15) is 47.4 Å². The average Bonchev–Trinajstić information content (AvgIpc) is 2.79. The maximum atomic E-state index is 12.9. The monoisotopic (exact) mass is 1210 g/mol. The molecule has 7 rings (SSSR count). The van der Waals surface area contributed by atoms with E-state index in [0.717, 1.165) is 28.0 Å². The van der Waals surface area contributed by atoms with Crippen molar-refractivity contribution in [2.24, 2.45) is 10.8 Å². The smallest absolute Gasteiger partial charge is 0.488 e. The number of ether oxygens (including phenoxy) is 6. The van der Waals surface area contributed by atoms with Gasteiger partial charge in [-0.2, -0.15) is 0 Å². The number of ketones is 1. The van der Waals surface area contributed by atoms with Crippen molar-refractivity contribution < 1.29 is 66.0 Å². The SMILES string of the molecule is COC(=O)[C@H](C)CC(=O)[C@H](Cc1ccc(OC(C)(C)C)cc1)NC(=O)OCc1ccccc1.COC(=O)[C@H](C)n1nnnc1[C@H](Cc1ccc(OC(C)(C)C)cc1)NC(=O)OCc1ccccc1.[N-]=[N+]=NP(=O)(Oc1ccccc1)Oc1ccccc1. The summed E-state index contributed by atoms with van der Waals surface area (Å²) in [5.41, 5.74) is 11.3. The second kappa shape index (κ2) is 33.7. The number of methoxy groups -OCH3 is 2. The first kappa shape index (κ1) is 68.1. The summed E-state index contributed by atoms with van der Waals surface area (Å²) in [5.74, 6) is 0.470. The summed E-state index contributed by atoms with van der Waals surface area (Å²) in [6, 6.07) is 48.0. The Kier molecular flexibility index (Phi) is 26.4. The molecule has 4 atom stereocenters. The van der Waals surface area contributed by atoms with E-state index in [0.29, 0.717) is 29.5 Å². The lowest BCUT2D eigenvalue weighted by molar-refractivity contribution is -0.146. The van der Waals surface area contributed by atoms with Gasteiger partial charge in [0.25, 0.3) is 0 Å². The summed E-state index contributed by atoms with van der Waals surface area (Å²) < 4.78 is 55.9. The molecule has 0 aliphatic rings. The van der Waals surface area contributed by atoms with Gasteiger partial charge in [-0.1, -0.05) is 128 Å². The van der Waals surface area contributed by atoms with E-state index in [9.17, 15) is 28.5 Å². The Morgan fingerprint density at radius 1 is 0.575 bits per heavy atom. The number of rotatable bonds is 24. The Labute approximate surface area is 506 Å². The zero-order valence-corrected chi connectivity index (χ0v) is 51.2. The molecule has 0 saturated heterocycles. The Bertz CT molecular complexity index is 3320. The van der Waals surface area contributed by atoms with Crippen molar-refractivity contribution in [1.82, 2.24) is 30.8 Å². The fourth-order valence-corrected chi connectivity index (χ4v) is 8.85. The number of hydrogen-bond donors (Lipinski definition) is 2. The number of azide groups is 1. The summed E-state index contributed by atoms with van der Waals surface area (Å²) in [6.45, 7) is 15.3. The van der Waals surface area contributed by atoms with Crippen molar-refractivity contribution in [3.05, 3.63) is 208 Å². The molecule has 7 aromatic rings. The first-order chi connectivity index (χ1) is 41.4. The number of nitrogens with one attached hydrogen (secondary N) is 2. The molecule has 0 fully saturated rings. The third-order valence-corrected chi connectivity index (χ3v) is 13.1. The van der Waals surface area contributed by atoms with E-state index >= 15 is 0 Å². The molecule has 24 heteroatoms. The summed E-state index contributed by atoms with van der Waals surface area (Å²) in [6.07, 6.45) is -0.781. The topological polar surface area (TPSA) is 293 Å². The van der Waals surface area contributed by atoms with Gasteiger partial charge in [0, 0.05) is 22.6 Å². The normalized spacial score (nSPS) is 12.3. The Hall–Kier alpha value is -9.72. The van der Waals surface area contributed by atoms with Gasteiger partial charge in [0.05, 0.1) is 32.2 Å². The molecule has 0 aliphatic carbocycles. The lowest BCUT2D eigenvalue weighted by Crippen LogP contribution is -2.43. The molecule has 0 bridgehead atoms. The largest absolute Gasteiger partial charge is 0.525 e. The first-order valence-electron chi connectivity index (χ1n) is 27.6. The fraction of sp³-hybridized carbons (Fsp3) is 0.333. The Morgan fingerprint density at radius 2 is 1.00 bits per heavy atom. The van der Waals surface area contributed by atoms with Gasteiger partial charge in [-0.3, -0.25) is 9.59 Å². The number of para-hydroxylation sites is 2. The van der Waals surface area contributed by atoms with Crippen LogP contribution in [0.3, 0.4) is 0 Å². The van der Waals surface area contributed by atoms with Gasteiger partial charge in [-0.25, -0.2) is 23.6 Å². The highest BCUT2D eigenvalue weighted by atomic mass is 31.2. The lowest BCUT2D eigenvalue weighted by atomic mass is 9.95. The predicted octanol–water partition coefficient (Wildman–Crippen LogP) is 12.8. The molecule has 0 aliphatic heterocycles. The molecule has 460 valence electrons. The molecule has 87 heavy (non-hydrogen) atoms. The third-order valence-electron chi connectivity index (χ3n) is 11.9. The number of esters is 2. The maximum Gasteiger partial charge on any atom is 0.525 e. The van der Waals surface area contributed by atoms with Crippen molar-refractivity contribution in [1.29, 1.82) is 0 Å². The molecule has 23 nitrogen and oxygen atoms in total. The van der Waals surface area contributed by atoms with E-state index in [1.54, 1.807) is 74.5 Å². The highest BCUT2D eigenvalue weighted by Gasteiger charge is 2.30. The molecular formula is C63H74N9O14P. The van der Waals surface area contributed by atoms with Gasteiger partial charge >= 0.3 is 31.9 Å². The van der Waals surface area contributed by atoms with Crippen LogP contribution in [0.5, 0.6) is 23.0 Å². The molecule has 0 unspecified atom stereocenters. The fourth-order valence-electron chi connectivity index (χ4n) is 7.87. The zero-order chi connectivity index (χ0) is 63.4. The second-order valence-corrected chi connectivity index (χ2v) is 22.9. The van der Waals surface area contributed by atoms with Gasteiger partial charge in [-0.05, 0) is 142 Å². The van der Waals surface area contributed by atoms with Crippen LogP contribution in [0.2, 0.25) is 0 Å².